The summed E-state index contributed by atoms with van der Waals surface area (Å²) in [5.41, 5.74) is 0. The molecule has 0 aromatic heterocycles. The first-order valence-corrected chi connectivity index (χ1v) is 12.1. The van der Waals surface area contributed by atoms with Gasteiger partial charge in [0.15, 0.2) is 0 Å². The van der Waals surface area contributed by atoms with E-state index in [-0.39, 0.29) is 64.8 Å². The molecule has 0 amide bonds. The molecule has 2 nitrogen and oxygen atoms in total. The van der Waals surface area contributed by atoms with Crippen LogP contribution in [-0.2, 0) is 0 Å². The van der Waals surface area contributed by atoms with Crippen molar-refractivity contribution in [1.82, 2.24) is 0 Å². The van der Waals surface area contributed by atoms with Gasteiger partial charge in [0, 0.05) is 40.8 Å². The Morgan fingerprint density at radius 1 is 0.357 bits per heavy atom. The van der Waals surface area contributed by atoms with E-state index in [1.807, 2.05) is 0 Å². The molecule has 0 rings (SSSR count). The molecule has 0 heterocycles. The van der Waals surface area contributed by atoms with Gasteiger partial charge in [0.1, 0.15) is 0 Å². The van der Waals surface area contributed by atoms with Crippen LogP contribution in [0.5, 0.6) is 0 Å². The fourth-order valence-corrected chi connectivity index (χ4v) is 2.83. The largest absolute Gasteiger partial charge is 0.662 e. The summed E-state index contributed by atoms with van der Waals surface area (Å²) >= 11 is 0. The zero-order chi connectivity index (χ0) is 19.6. The van der Waals surface area contributed by atoms with Crippen LogP contribution in [0.2, 0.25) is 0 Å². The maximum atomic E-state index is 4.51. The summed E-state index contributed by atoms with van der Waals surface area (Å²) < 4.78 is 0. The Balaban J connectivity index is -0.000000192. The van der Waals surface area contributed by atoms with Crippen LogP contribution in [-0.4, -0.2) is 26.2 Å². The Morgan fingerprint density at radius 3 is 0.750 bits per heavy atom. The maximum Gasteiger partial charge on any atom is 0 e. The zero-order valence-corrected chi connectivity index (χ0v) is 25.5. The van der Waals surface area contributed by atoms with Crippen molar-refractivity contribution >= 4 is 24.0 Å². The monoisotopic (exact) mass is 638 g/mol. The van der Waals surface area contributed by atoms with E-state index in [4.69, 9.17) is 0 Å². The number of rotatable bonds is 20. The summed E-state index contributed by atoms with van der Waals surface area (Å²) in [6, 6.07) is 0. The summed E-state index contributed by atoms with van der Waals surface area (Å²) in [5.74, 6) is 0. The Bertz CT molecular complexity index is 177. The number of halogens is 1. The second kappa shape index (κ2) is 39.5. The van der Waals surface area contributed by atoms with E-state index in [0.717, 1.165) is 26.2 Å². The Kier molecular flexibility index (Phi) is 52.6. The van der Waals surface area contributed by atoms with Crippen molar-refractivity contribution in [1.29, 1.82) is 0 Å². The third kappa shape index (κ3) is 42.2. The number of unbranched alkanes of at least 4 members (excludes halogenated alkanes) is 12. The van der Waals surface area contributed by atoms with Crippen molar-refractivity contribution in [2.45, 2.75) is 130 Å². The number of hydrogen-bond acceptors (Lipinski definition) is 0. The molecule has 28 heavy (non-hydrogen) atoms. The normalized spacial score (nSPS) is 9.86. The summed E-state index contributed by atoms with van der Waals surface area (Å²) in [5, 5.41) is 9.03. The van der Waals surface area contributed by atoms with Crippen LogP contribution in [0.1, 0.15) is 130 Å². The fraction of sp³-hybridized carbons (Fsp3) is 1.00. The average molecular weight is 641 g/mol. The second-order valence-electron chi connectivity index (χ2n) is 7.58. The van der Waals surface area contributed by atoms with E-state index < -0.39 is 0 Å². The van der Waals surface area contributed by atoms with Crippen molar-refractivity contribution < 1.29 is 40.8 Å². The molecule has 0 saturated carbocycles. The molecule has 0 aliphatic rings. The summed E-state index contributed by atoms with van der Waals surface area (Å²) in [6.45, 7) is 13.4. The Hall–Kier alpha value is 2.00. The van der Waals surface area contributed by atoms with Crippen molar-refractivity contribution in [2.24, 2.45) is 0 Å². The van der Waals surface area contributed by atoms with E-state index in [1.54, 1.807) is 0 Å². The molecule has 0 saturated heterocycles. The topological polar surface area (TPSA) is 28.2 Å². The quantitative estimate of drug-likeness (QED) is 0.0937. The first kappa shape index (κ1) is 37.3. The van der Waals surface area contributed by atoms with Crippen LogP contribution < -0.4 is 0 Å². The van der Waals surface area contributed by atoms with E-state index in [0.29, 0.717) is 0 Å². The van der Waals surface area contributed by atoms with E-state index >= 15 is 0 Å². The van der Waals surface area contributed by atoms with Gasteiger partial charge in [0.25, 0.3) is 0 Å². The van der Waals surface area contributed by atoms with Gasteiger partial charge in [-0.1, -0.05) is 130 Å². The third-order valence-corrected chi connectivity index (χ3v) is 4.68. The van der Waals surface area contributed by atoms with Crippen molar-refractivity contribution in [3.8, 4) is 0 Å². The van der Waals surface area contributed by atoms with Crippen LogP contribution in [0.25, 0.3) is 10.6 Å². The molecular formula is C24H53IN2Nd-2. The first-order valence-electron chi connectivity index (χ1n) is 12.1. The Morgan fingerprint density at radius 2 is 0.571 bits per heavy atom. The Labute approximate surface area is 229 Å². The standard InChI is InChI=1S/2C12H26N.HI.Nd/c2*1-3-5-7-9-11-13-12-10-8-6-4-2;;/h2*3-12H2,1-2H3;1H;/q2*-1;;. The first-order chi connectivity index (χ1) is 12.8. The third-order valence-electron chi connectivity index (χ3n) is 4.68. The van der Waals surface area contributed by atoms with Crippen LogP contribution in [0.3, 0.4) is 0 Å². The van der Waals surface area contributed by atoms with Gasteiger partial charge >= 0.3 is 0 Å². The predicted molar refractivity (Wildman–Crippen MR) is 138 cm³/mol. The van der Waals surface area contributed by atoms with Crippen molar-refractivity contribution in [3.63, 3.8) is 0 Å². The van der Waals surface area contributed by atoms with Crippen molar-refractivity contribution in [2.75, 3.05) is 26.2 Å². The average Bonchev–Trinajstić information content (AvgIpc) is 2.66. The van der Waals surface area contributed by atoms with Gasteiger partial charge in [-0.25, -0.2) is 0 Å². The van der Waals surface area contributed by atoms with Gasteiger partial charge in [-0.3, -0.25) is 0 Å². The minimum atomic E-state index is 0. The van der Waals surface area contributed by atoms with Crippen LogP contribution in [0.4, 0.5) is 0 Å². The smallest absolute Gasteiger partial charge is 0 e. The van der Waals surface area contributed by atoms with Gasteiger partial charge in [-0.2, -0.15) is 0 Å². The minimum absolute atomic E-state index is 0. The molecule has 0 bridgehead atoms. The molecule has 172 valence electrons. The minimum Gasteiger partial charge on any atom is -0.662 e. The predicted octanol–water partition coefficient (Wildman–Crippen LogP) is 9.66. The molecule has 0 spiro atoms. The SMILES string of the molecule is CCCCCC[N-]CCCCCC.CCCCCC[N-]CCCCCC.I.[Nd]. The van der Waals surface area contributed by atoms with E-state index in [1.165, 1.54) is 103 Å². The molecule has 4 heteroatoms. The van der Waals surface area contributed by atoms with Crippen LogP contribution >= 0.6 is 24.0 Å². The van der Waals surface area contributed by atoms with Gasteiger partial charge < -0.3 is 10.6 Å². The van der Waals surface area contributed by atoms with Gasteiger partial charge in [-0.15, -0.1) is 50.2 Å². The zero-order valence-electron chi connectivity index (χ0n) is 19.9. The molecule has 0 aromatic rings. The molecule has 0 aromatic carbocycles. The molecule has 0 fully saturated rings. The van der Waals surface area contributed by atoms with Gasteiger partial charge in [0.2, 0.25) is 0 Å². The van der Waals surface area contributed by atoms with E-state index in [2.05, 4.69) is 38.3 Å². The molecule has 0 aliphatic carbocycles. The summed E-state index contributed by atoms with van der Waals surface area (Å²) in [4.78, 5) is 0. The molecular weight excluding hydrogens is 587 g/mol. The molecule has 0 aliphatic heterocycles. The number of hydrogen-bond donors (Lipinski definition) is 0. The van der Waals surface area contributed by atoms with Crippen LogP contribution in [0.15, 0.2) is 0 Å². The number of nitrogens with zero attached hydrogens (tertiary/aromatic N) is 2. The molecule has 0 N–H and O–H groups in total. The van der Waals surface area contributed by atoms with E-state index in [9.17, 15) is 0 Å². The summed E-state index contributed by atoms with van der Waals surface area (Å²) in [7, 11) is 0. The molecule has 0 unspecified atom stereocenters. The maximum absolute atomic E-state index is 4.51. The molecule has 0 radical (unpaired) electrons. The second-order valence-corrected chi connectivity index (χ2v) is 7.58. The van der Waals surface area contributed by atoms with Crippen molar-refractivity contribution in [3.05, 3.63) is 10.6 Å². The summed E-state index contributed by atoms with van der Waals surface area (Å²) in [6.07, 6.45) is 21.5. The van der Waals surface area contributed by atoms with Crippen LogP contribution in [0, 0.1) is 40.8 Å². The molecule has 0 atom stereocenters. The van der Waals surface area contributed by atoms with Gasteiger partial charge in [0.05, 0.1) is 0 Å². The fourth-order valence-electron chi connectivity index (χ4n) is 2.83. The van der Waals surface area contributed by atoms with Gasteiger partial charge in [-0.05, 0) is 0 Å².